The summed E-state index contributed by atoms with van der Waals surface area (Å²) in [5.41, 5.74) is 0. The molecule has 2 fully saturated rings. The zero-order valence-electron chi connectivity index (χ0n) is 10.1. The second-order valence-corrected chi connectivity index (χ2v) is 7.48. The molecule has 1 aliphatic carbocycles. The molecule has 0 aromatic heterocycles. The highest BCUT2D eigenvalue weighted by atomic mass is 32.2. The Morgan fingerprint density at radius 3 is 2.59 bits per heavy atom. The number of nitrogens with zero attached hydrogens (tertiary/aromatic N) is 1. The molecule has 2 rings (SSSR count). The van der Waals surface area contributed by atoms with Gasteiger partial charge in [-0.2, -0.15) is 5.26 Å². The summed E-state index contributed by atoms with van der Waals surface area (Å²) in [7, 11) is -2.85. The van der Waals surface area contributed by atoms with Crippen molar-refractivity contribution in [3.05, 3.63) is 0 Å². The molecule has 1 saturated carbocycles. The first-order chi connectivity index (χ1) is 8.11. The monoisotopic (exact) mass is 256 g/mol. The average molecular weight is 256 g/mol. The second-order valence-electron chi connectivity index (χ2n) is 5.25. The van der Waals surface area contributed by atoms with Crippen LogP contribution in [0.1, 0.15) is 38.5 Å². The Kier molecular flexibility index (Phi) is 4.05. The molecule has 0 spiro atoms. The molecule has 0 bridgehead atoms. The Hall–Kier alpha value is -0.600. The fraction of sp³-hybridized carbons (Fsp3) is 0.917. The standard InChI is InChI=1S/C12H20N2O2S/c13-8-10-4-1-2-6-12(10)14-11-5-3-7-17(15,16)9-11/h10-12,14H,1-7,9H2. The lowest BCUT2D eigenvalue weighted by atomic mass is 9.85. The zero-order chi connectivity index (χ0) is 12.3. The fourth-order valence-corrected chi connectivity index (χ4v) is 4.59. The van der Waals surface area contributed by atoms with Gasteiger partial charge >= 0.3 is 0 Å². The van der Waals surface area contributed by atoms with Crippen LogP contribution in [0.3, 0.4) is 0 Å². The topological polar surface area (TPSA) is 70.0 Å². The van der Waals surface area contributed by atoms with Crippen LogP contribution in [-0.4, -0.2) is 32.0 Å². The van der Waals surface area contributed by atoms with Crippen LogP contribution in [-0.2, 0) is 9.84 Å². The highest BCUT2D eigenvalue weighted by Crippen LogP contribution is 2.25. The summed E-state index contributed by atoms with van der Waals surface area (Å²) in [6.45, 7) is 0. The lowest BCUT2D eigenvalue weighted by Crippen LogP contribution is -2.48. The predicted molar refractivity (Wildman–Crippen MR) is 66.2 cm³/mol. The summed E-state index contributed by atoms with van der Waals surface area (Å²) in [5, 5.41) is 12.5. The number of nitriles is 1. The van der Waals surface area contributed by atoms with Crippen molar-refractivity contribution in [2.45, 2.75) is 50.6 Å². The van der Waals surface area contributed by atoms with Gasteiger partial charge in [-0.25, -0.2) is 8.42 Å². The zero-order valence-corrected chi connectivity index (χ0v) is 10.9. The maximum Gasteiger partial charge on any atom is 0.151 e. The van der Waals surface area contributed by atoms with Crippen molar-refractivity contribution in [1.29, 1.82) is 5.26 Å². The van der Waals surface area contributed by atoms with Crippen molar-refractivity contribution in [2.24, 2.45) is 5.92 Å². The molecular weight excluding hydrogens is 236 g/mol. The van der Waals surface area contributed by atoms with Gasteiger partial charge in [-0.3, -0.25) is 0 Å². The predicted octanol–water partition coefficient (Wildman–Crippen LogP) is 1.24. The van der Waals surface area contributed by atoms with Crippen molar-refractivity contribution >= 4 is 9.84 Å². The van der Waals surface area contributed by atoms with E-state index in [9.17, 15) is 8.42 Å². The van der Waals surface area contributed by atoms with Gasteiger partial charge in [0.1, 0.15) is 0 Å². The van der Waals surface area contributed by atoms with Crippen molar-refractivity contribution in [3.8, 4) is 6.07 Å². The van der Waals surface area contributed by atoms with Gasteiger partial charge in [0.05, 0.1) is 23.5 Å². The molecule has 4 nitrogen and oxygen atoms in total. The van der Waals surface area contributed by atoms with Crippen LogP contribution in [0.2, 0.25) is 0 Å². The SMILES string of the molecule is N#CC1CCCCC1NC1CCCS(=O)(=O)C1. The van der Waals surface area contributed by atoms with Gasteiger partial charge in [0.15, 0.2) is 9.84 Å². The van der Waals surface area contributed by atoms with E-state index in [2.05, 4.69) is 11.4 Å². The second kappa shape index (κ2) is 5.36. The van der Waals surface area contributed by atoms with E-state index in [0.29, 0.717) is 5.75 Å². The van der Waals surface area contributed by atoms with Gasteiger partial charge in [0.2, 0.25) is 0 Å². The molecule has 17 heavy (non-hydrogen) atoms. The van der Waals surface area contributed by atoms with Crippen molar-refractivity contribution in [2.75, 3.05) is 11.5 Å². The third-order valence-electron chi connectivity index (χ3n) is 3.84. The van der Waals surface area contributed by atoms with Gasteiger partial charge in [0.25, 0.3) is 0 Å². The van der Waals surface area contributed by atoms with E-state index in [1.165, 1.54) is 0 Å². The van der Waals surface area contributed by atoms with E-state index in [4.69, 9.17) is 5.26 Å². The summed E-state index contributed by atoms with van der Waals surface area (Å²) < 4.78 is 23.1. The van der Waals surface area contributed by atoms with Gasteiger partial charge in [0, 0.05) is 12.1 Å². The number of hydrogen-bond donors (Lipinski definition) is 1. The van der Waals surface area contributed by atoms with Gasteiger partial charge in [-0.05, 0) is 25.7 Å². The first-order valence-electron chi connectivity index (χ1n) is 6.47. The Bertz CT molecular complexity index is 399. The molecule has 96 valence electrons. The Morgan fingerprint density at radius 1 is 1.12 bits per heavy atom. The minimum absolute atomic E-state index is 0.0627. The van der Waals surface area contributed by atoms with E-state index in [1.807, 2.05) is 0 Å². The van der Waals surface area contributed by atoms with Gasteiger partial charge < -0.3 is 5.32 Å². The Balaban J connectivity index is 1.93. The van der Waals surface area contributed by atoms with Crippen LogP contribution in [0.4, 0.5) is 0 Å². The Labute approximate surface area is 103 Å². The van der Waals surface area contributed by atoms with E-state index < -0.39 is 9.84 Å². The molecule has 1 heterocycles. The van der Waals surface area contributed by atoms with Gasteiger partial charge in [-0.15, -0.1) is 0 Å². The number of rotatable bonds is 2. The van der Waals surface area contributed by atoms with Crippen LogP contribution in [0.5, 0.6) is 0 Å². The van der Waals surface area contributed by atoms with Crippen molar-refractivity contribution in [1.82, 2.24) is 5.32 Å². The minimum atomic E-state index is -2.85. The average Bonchev–Trinajstić information content (AvgIpc) is 2.28. The lowest BCUT2D eigenvalue weighted by molar-refractivity contribution is 0.284. The smallest absolute Gasteiger partial charge is 0.151 e. The number of sulfone groups is 1. The molecule has 5 heteroatoms. The minimum Gasteiger partial charge on any atom is -0.309 e. The van der Waals surface area contributed by atoms with Crippen LogP contribution >= 0.6 is 0 Å². The summed E-state index contributed by atoms with van der Waals surface area (Å²) >= 11 is 0. The van der Waals surface area contributed by atoms with E-state index in [-0.39, 0.29) is 23.8 Å². The summed E-state index contributed by atoms with van der Waals surface area (Å²) in [6.07, 6.45) is 5.91. The molecule has 1 N–H and O–H groups in total. The molecule has 3 atom stereocenters. The van der Waals surface area contributed by atoms with Crippen LogP contribution in [0, 0.1) is 17.2 Å². The molecule has 0 aromatic carbocycles. The first-order valence-corrected chi connectivity index (χ1v) is 8.29. The summed E-state index contributed by atoms with van der Waals surface area (Å²) in [6, 6.07) is 2.62. The first kappa shape index (κ1) is 12.8. The van der Waals surface area contributed by atoms with Gasteiger partial charge in [-0.1, -0.05) is 12.8 Å². The largest absolute Gasteiger partial charge is 0.309 e. The van der Waals surface area contributed by atoms with Crippen LogP contribution in [0.15, 0.2) is 0 Å². The normalized spacial score (nSPS) is 37.2. The molecule has 1 aliphatic heterocycles. The maximum atomic E-state index is 11.5. The molecule has 1 saturated heterocycles. The highest BCUT2D eigenvalue weighted by Gasteiger charge is 2.30. The fourth-order valence-electron chi connectivity index (χ4n) is 2.94. The summed E-state index contributed by atoms with van der Waals surface area (Å²) in [5.74, 6) is 0.646. The number of nitrogens with one attached hydrogen (secondary N) is 1. The lowest BCUT2D eigenvalue weighted by Gasteiger charge is -2.33. The summed E-state index contributed by atoms with van der Waals surface area (Å²) in [4.78, 5) is 0. The molecule has 0 aromatic rings. The molecule has 0 amide bonds. The van der Waals surface area contributed by atoms with Crippen LogP contribution in [0.25, 0.3) is 0 Å². The molecule has 2 aliphatic rings. The third kappa shape index (κ3) is 3.43. The van der Waals surface area contributed by atoms with E-state index in [1.54, 1.807) is 0 Å². The van der Waals surface area contributed by atoms with Crippen molar-refractivity contribution < 1.29 is 8.42 Å². The molecule has 3 unspecified atom stereocenters. The molecule has 0 radical (unpaired) electrons. The maximum absolute atomic E-state index is 11.5. The van der Waals surface area contributed by atoms with E-state index >= 15 is 0 Å². The quantitative estimate of drug-likeness (QED) is 0.807. The van der Waals surface area contributed by atoms with Crippen molar-refractivity contribution in [3.63, 3.8) is 0 Å². The van der Waals surface area contributed by atoms with E-state index in [0.717, 1.165) is 38.5 Å². The highest BCUT2D eigenvalue weighted by molar-refractivity contribution is 7.91. The third-order valence-corrected chi connectivity index (χ3v) is 5.67. The molecular formula is C12H20N2O2S. The van der Waals surface area contributed by atoms with Crippen LogP contribution < -0.4 is 5.32 Å². The Morgan fingerprint density at radius 2 is 1.88 bits per heavy atom. The number of hydrogen-bond acceptors (Lipinski definition) is 4.